The molecule has 0 aromatic carbocycles. The number of alkyl carbamates (subject to hydrolysis) is 1. The van der Waals surface area contributed by atoms with Crippen LogP contribution in [0.1, 0.15) is 52.9 Å². The monoisotopic (exact) mass is 368 g/mol. The van der Waals surface area contributed by atoms with Crippen LogP contribution < -0.4 is 10.6 Å². The van der Waals surface area contributed by atoms with Gasteiger partial charge in [0.1, 0.15) is 0 Å². The lowest BCUT2D eigenvalue weighted by atomic mass is 9.62. The maximum atomic E-state index is 11.9. The highest BCUT2D eigenvalue weighted by Crippen LogP contribution is 2.45. The fraction of sp³-hybridized carbons (Fsp3) is 0.737. The summed E-state index contributed by atoms with van der Waals surface area (Å²) in [5.41, 5.74) is 0.00245. The predicted octanol–water partition coefficient (Wildman–Crippen LogP) is 2.55. The van der Waals surface area contributed by atoms with Crippen LogP contribution in [-0.2, 0) is 19.1 Å². The first-order valence-corrected chi connectivity index (χ1v) is 9.09. The summed E-state index contributed by atoms with van der Waals surface area (Å²) in [5.74, 6) is -0.449. The van der Waals surface area contributed by atoms with Crippen molar-refractivity contribution < 1.29 is 23.9 Å². The van der Waals surface area contributed by atoms with Gasteiger partial charge in [-0.1, -0.05) is 27.4 Å². The molecule has 7 nitrogen and oxygen atoms in total. The lowest BCUT2D eigenvalue weighted by molar-refractivity contribution is -0.137. The largest absolute Gasteiger partial charge is 0.463 e. The zero-order valence-electron chi connectivity index (χ0n) is 16.1. The smallest absolute Gasteiger partial charge is 0.407 e. The molecule has 0 saturated heterocycles. The molecule has 0 aromatic rings. The Bertz CT molecular complexity index is 506. The molecule has 2 atom stereocenters. The van der Waals surface area contributed by atoms with Crippen molar-refractivity contribution in [1.29, 1.82) is 0 Å². The number of nitrogens with one attached hydrogen (secondary N) is 2. The van der Waals surface area contributed by atoms with Gasteiger partial charge in [0.05, 0.1) is 13.2 Å². The summed E-state index contributed by atoms with van der Waals surface area (Å²) in [6, 6.07) is 0.123. The van der Waals surface area contributed by atoms with E-state index in [4.69, 9.17) is 9.47 Å². The minimum atomic E-state index is -0.449. The van der Waals surface area contributed by atoms with E-state index in [9.17, 15) is 14.4 Å². The number of hydrogen-bond donors (Lipinski definition) is 2. The number of ether oxygens (including phenoxy) is 2. The van der Waals surface area contributed by atoms with Crippen LogP contribution in [0.2, 0.25) is 0 Å². The second kappa shape index (κ2) is 10.2. The van der Waals surface area contributed by atoms with Crippen molar-refractivity contribution in [3.8, 4) is 0 Å². The third-order valence-electron chi connectivity index (χ3n) is 4.59. The van der Waals surface area contributed by atoms with Gasteiger partial charge >= 0.3 is 12.1 Å². The van der Waals surface area contributed by atoms with E-state index >= 15 is 0 Å². The first kappa shape index (κ1) is 22.0. The Hall–Kier alpha value is -2.05. The zero-order valence-corrected chi connectivity index (χ0v) is 16.1. The quantitative estimate of drug-likeness (QED) is 0.267. The summed E-state index contributed by atoms with van der Waals surface area (Å²) in [4.78, 5) is 33.5. The second-order valence-corrected chi connectivity index (χ2v) is 8.11. The zero-order chi connectivity index (χ0) is 19.6. The molecule has 1 saturated carbocycles. The van der Waals surface area contributed by atoms with Crippen LogP contribution in [0.15, 0.2) is 12.7 Å². The molecule has 1 rings (SSSR count). The summed E-state index contributed by atoms with van der Waals surface area (Å²) in [6.45, 7) is 10.9. The highest BCUT2D eigenvalue weighted by atomic mass is 16.5. The SMILES string of the molecule is C=CC(=O)OCCCCOC(=O)NCC1(C)CC(NC=O)CC(C)(C)C1. The van der Waals surface area contributed by atoms with Gasteiger partial charge in [0, 0.05) is 18.7 Å². The van der Waals surface area contributed by atoms with Crippen molar-refractivity contribution in [1.82, 2.24) is 10.6 Å². The van der Waals surface area contributed by atoms with E-state index in [1.165, 1.54) is 0 Å². The Morgan fingerprint density at radius 2 is 1.81 bits per heavy atom. The normalized spacial score (nSPS) is 24.2. The maximum absolute atomic E-state index is 11.9. The van der Waals surface area contributed by atoms with E-state index < -0.39 is 12.1 Å². The average molecular weight is 368 g/mol. The maximum Gasteiger partial charge on any atom is 0.407 e. The molecular weight excluding hydrogens is 336 g/mol. The van der Waals surface area contributed by atoms with Gasteiger partial charge in [0.2, 0.25) is 6.41 Å². The molecule has 26 heavy (non-hydrogen) atoms. The number of esters is 1. The Labute approximate surface area is 155 Å². The van der Waals surface area contributed by atoms with Crippen LogP contribution >= 0.6 is 0 Å². The van der Waals surface area contributed by atoms with Crippen molar-refractivity contribution >= 4 is 18.5 Å². The minimum absolute atomic E-state index is 0.0969. The van der Waals surface area contributed by atoms with Crippen molar-refractivity contribution in [3.05, 3.63) is 12.7 Å². The third-order valence-corrected chi connectivity index (χ3v) is 4.59. The van der Waals surface area contributed by atoms with Gasteiger partial charge in [-0.2, -0.15) is 0 Å². The highest BCUT2D eigenvalue weighted by Gasteiger charge is 2.41. The van der Waals surface area contributed by atoms with Gasteiger partial charge in [-0.05, 0) is 42.9 Å². The summed E-state index contributed by atoms with van der Waals surface area (Å²) < 4.78 is 10.00. The molecule has 0 radical (unpaired) electrons. The van der Waals surface area contributed by atoms with Crippen LogP contribution in [-0.4, -0.2) is 44.3 Å². The molecule has 1 fully saturated rings. The first-order chi connectivity index (χ1) is 12.2. The van der Waals surface area contributed by atoms with Gasteiger partial charge in [0.25, 0.3) is 0 Å². The van der Waals surface area contributed by atoms with Gasteiger partial charge in [-0.15, -0.1) is 0 Å². The molecule has 0 aliphatic heterocycles. The van der Waals surface area contributed by atoms with Crippen molar-refractivity contribution in [2.24, 2.45) is 10.8 Å². The highest BCUT2D eigenvalue weighted by molar-refractivity contribution is 5.81. The van der Waals surface area contributed by atoms with Crippen LogP contribution in [0.3, 0.4) is 0 Å². The Kier molecular flexibility index (Phi) is 8.61. The van der Waals surface area contributed by atoms with E-state index in [2.05, 4.69) is 38.0 Å². The van der Waals surface area contributed by atoms with Gasteiger partial charge in [0.15, 0.2) is 0 Å². The third kappa shape index (κ3) is 8.36. The van der Waals surface area contributed by atoms with Crippen molar-refractivity contribution in [2.45, 2.75) is 58.9 Å². The summed E-state index contributed by atoms with van der Waals surface area (Å²) in [6.07, 6.45) is 5.38. The lowest BCUT2D eigenvalue weighted by Gasteiger charge is -2.46. The van der Waals surface area contributed by atoms with Crippen LogP contribution in [0.4, 0.5) is 4.79 Å². The van der Waals surface area contributed by atoms with Crippen LogP contribution in [0, 0.1) is 10.8 Å². The van der Waals surface area contributed by atoms with Gasteiger partial charge in [-0.3, -0.25) is 4.79 Å². The molecular formula is C19H32N2O5. The predicted molar refractivity (Wildman–Crippen MR) is 98.5 cm³/mol. The van der Waals surface area contributed by atoms with Crippen LogP contribution in [0.25, 0.3) is 0 Å². The molecule has 2 unspecified atom stereocenters. The van der Waals surface area contributed by atoms with Crippen molar-refractivity contribution in [2.75, 3.05) is 19.8 Å². The van der Waals surface area contributed by atoms with Gasteiger partial charge < -0.3 is 20.1 Å². The van der Waals surface area contributed by atoms with E-state index in [0.29, 0.717) is 19.4 Å². The Morgan fingerprint density at radius 1 is 1.15 bits per heavy atom. The molecule has 0 spiro atoms. The van der Waals surface area contributed by atoms with E-state index in [1.807, 2.05) is 0 Å². The van der Waals surface area contributed by atoms with E-state index in [0.717, 1.165) is 31.7 Å². The number of unbranched alkanes of at least 4 members (excludes halogenated alkanes) is 1. The lowest BCUT2D eigenvalue weighted by Crippen LogP contribution is -2.49. The molecule has 0 aromatic heterocycles. The Balaban J connectivity index is 2.28. The summed E-state index contributed by atoms with van der Waals surface area (Å²) in [5, 5.41) is 5.72. The first-order valence-electron chi connectivity index (χ1n) is 9.09. The van der Waals surface area contributed by atoms with Crippen molar-refractivity contribution in [3.63, 3.8) is 0 Å². The summed E-state index contributed by atoms with van der Waals surface area (Å²) in [7, 11) is 0. The number of amides is 2. The van der Waals surface area contributed by atoms with E-state index in [1.54, 1.807) is 0 Å². The average Bonchev–Trinajstić information content (AvgIpc) is 2.54. The van der Waals surface area contributed by atoms with Crippen LogP contribution in [0.5, 0.6) is 0 Å². The number of carbonyl (C=O) groups excluding carboxylic acids is 3. The number of hydrogen-bond acceptors (Lipinski definition) is 5. The van der Waals surface area contributed by atoms with Gasteiger partial charge in [-0.25, -0.2) is 9.59 Å². The minimum Gasteiger partial charge on any atom is -0.463 e. The number of rotatable bonds is 10. The molecule has 0 heterocycles. The summed E-state index contributed by atoms with van der Waals surface area (Å²) >= 11 is 0. The standard InChI is InChI=1S/C19H32N2O5/c1-5-16(23)25-8-6-7-9-26-17(24)20-13-19(4)11-15(21-14-22)10-18(2,3)12-19/h5,14-15H,1,6-13H2,2-4H3,(H,20,24)(H,21,22). The molecule has 0 bridgehead atoms. The molecule has 1 aliphatic rings. The second-order valence-electron chi connectivity index (χ2n) is 8.11. The molecule has 7 heteroatoms. The molecule has 2 N–H and O–H groups in total. The Morgan fingerprint density at radius 3 is 2.42 bits per heavy atom. The number of carbonyl (C=O) groups is 3. The molecule has 1 aliphatic carbocycles. The fourth-order valence-corrected chi connectivity index (χ4v) is 3.92. The topological polar surface area (TPSA) is 93.7 Å². The fourth-order valence-electron chi connectivity index (χ4n) is 3.92. The molecule has 148 valence electrons. The molecule has 2 amide bonds. The van der Waals surface area contributed by atoms with E-state index in [-0.39, 0.29) is 30.1 Å².